The third-order valence-electron chi connectivity index (χ3n) is 3.67. The Balaban J connectivity index is 1.79. The SMILES string of the molecule is CCCn1cncc1CNC1CCN(C(=O)OC(C)(C)C)C1. The van der Waals surface area contributed by atoms with Gasteiger partial charge in [-0.25, -0.2) is 9.78 Å². The molecule has 1 aliphatic rings. The van der Waals surface area contributed by atoms with E-state index in [0.29, 0.717) is 12.6 Å². The van der Waals surface area contributed by atoms with Gasteiger partial charge in [0.1, 0.15) is 5.60 Å². The molecular weight excluding hydrogens is 280 g/mol. The molecule has 2 rings (SSSR count). The molecule has 0 bridgehead atoms. The third-order valence-corrected chi connectivity index (χ3v) is 3.67. The monoisotopic (exact) mass is 308 g/mol. The maximum Gasteiger partial charge on any atom is 0.410 e. The summed E-state index contributed by atoms with van der Waals surface area (Å²) in [6, 6.07) is 0.317. The molecule has 1 fully saturated rings. The molecule has 22 heavy (non-hydrogen) atoms. The molecule has 1 amide bonds. The summed E-state index contributed by atoms with van der Waals surface area (Å²) in [5, 5.41) is 3.52. The molecule has 6 heteroatoms. The van der Waals surface area contributed by atoms with Crippen LogP contribution in [0.5, 0.6) is 0 Å². The third kappa shape index (κ3) is 4.73. The van der Waals surface area contributed by atoms with Crippen molar-refractivity contribution in [1.29, 1.82) is 0 Å². The number of ether oxygens (including phenoxy) is 1. The zero-order valence-corrected chi connectivity index (χ0v) is 14.1. The van der Waals surface area contributed by atoms with Crippen LogP contribution in [0.25, 0.3) is 0 Å². The minimum Gasteiger partial charge on any atom is -0.444 e. The molecule has 0 spiro atoms. The van der Waals surface area contributed by atoms with Crippen molar-refractivity contribution in [3.05, 3.63) is 18.2 Å². The lowest BCUT2D eigenvalue weighted by Crippen LogP contribution is -2.38. The van der Waals surface area contributed by atoms with Gasteiger partial charge in [0.2, 0.25) is 0 Å². The fraction of sp³-hybridized carbons (Fsp3) is 0.750. The van der Waals surface area contributed by atoms with E-state index in [9.17, 15) is 4.79 Å². The highest BCUT2D eigenvalue weighted by Gasteiger charge is 2.29. The Bertz CT molecular complexity index is 493. The molecule has 1 saturated heterocycles. The maximum absolute atomic E-state index is 12.0. The second-order valence-electron chi connectivity index (χ2n) is 6.87. The number of rotatable bonds is 5. The highest BCUT2D eigenvalue weighted by atomic mass is 16.6. The van der Waals surface area contributed by atoms with Crippen molar-refractivity contribution in [3.8, 4) is 0 Å². The predicted molar refractivity (Wildman–Crippen MR) is 85.6 cm³/mol. The topological polar surface area (TPSA) is 59.4 Å². The van der Waals surface area contributed by atoms with Gasteiger partial charge in [-0.05, 0) is 33.6 Å². The molecule has 2 heterocycles. The smallest absolute Gasteiger partial charge is 0.410 e. The van der Waals surface area contributed by atoms with Crippen molar-refractivity contribution < 1.29 is 9.53 Å². The molecule has 6 nitrogen and oxygen atoms in total. The van der Waals surface area contributed by atoms with Crippen molar-refractivity contribution in [2.45, 2.75) is 65.3 Å². The second kappa shape index (κ2) is 7.13. The van der Waals surface area contributed by atoms with Crippen molar-refractivity contribution in [2.75, 3.05) is 13.1 Å². The van der Waals surface area contributed by atoms with E-state index in [1.807, 2.05) is 33.3 Å². The Morgan fingerprint density at radius 3 is 2.95 bits per heavy atom. The molecule has 1 unspecified atom stereocenters. The summed E-state index contributed by atoms with van der Waals surface area (Å²) in [7, 11) is 0. The zero-order valence-electron chi connectivity index (χ0n) is 14.1. The Labute approximate surface area is 132 Å². The largest absolute Gasteiger partial charge is 0.444 e. The minimum absolute atomic E-state index is 0.215. The Morgan fingerprint density at radius 2 is 2.27 bits per heavy atom. The van der Waals surface area contributed by atoms with Gasteiger partial charge in [0.25, 0.3) is 0 Å². The van der Waals surface area contributed by atoms with Gasteiger partial charge < -0.3 is 19.5 Å². The predicted octanol–water partition coefficient (Wildman–Crippen LogP) is 2.39. The van der Waals surface area contributed by atoms with Crippen LogP contribution in [0.15, 0.2) is 12.5 Å². The van der Waals surface area contributed by atoms with Crippen LogP contribution in [0.3, 0.4) is 0 Å². The zero-order chi connectivity index (χ0) is 16.2. The molecule has 0 radical (unpaired) electrons. The van der Waals surface area contributed by atoms with Crippen LogP contribution in [0, 0.1) is 0 Å². The summed E-state index contributed by atoms with van der Waals surface area (Å²) in [5.74, 6) is 0. The average molecular weight is 308 g/mol. The molecule has 1 aromatic rings. The Hall–Kier alpha value is -1.56. The van der Waals surface area contributed by atoms with Crippen molar-refractivity contribution in [3.63, 3.8) is 0 Å². The summed E-state index contributed by atoms with van der Waals surface area (Å²) in [6.45, 7) is 11.1. The molecule has 0 saturated carbocycles. The number of imidazole rings is 1. The lowest BCUT2D eigenvalue weighted by atomic mass is 10.2. The van der Waals surface area contributed by atoms with E-state index >= 15 is 0 Å². The number of amides is 1. The van der Waals surface area contributed by atoms with Crippen LogP contribution in [0.1, 0.15) is 46.2 Å². The van der Waals surface area contributed by atoms with Crippen LogP contribution in [-0.2, 0) is 17.8 Å². The van der Waals surface area contributed by atoms with Gasteiger partial charge in [0.15, 0.2) is 0 Å². The first kappa shape index (κ1) is 16.8. The molecule has 1 aliphatic heterocycles. The highest BCUT2D eigenvalue weighted by Crippen LogP contribution is 2.15. The van der Waals surface area contributed by atoms with Gasteiger partial charge >= 0.3 is 6.09 Å². The number of aromatic nitrogens is 2. The lowest BCUT2D eigenvalue weighted by Gasteiger charge is -2.24. The van der Waals surface area contributed by atoms with E-state index in [0.717, 1.165) is 32.5 Å². The van der Waals surface area contributed by atoms with Gasteiger partial charge in [-0.3, -0.25) is 0 Å². The number of hydrogen-bond acceptors (Lipinski definition) is 4. The standard InChI is InChI=1S/C16H28N4O2/c1-5-7-20-12-17-9-14(20)10-18-13-6-8-19(11-13)15(21)22-16(2,3)4/h9,12-13,18H,5-8,10-11H2,1-4H3. The fourth-order valence-corrected chi connectivity index (χ4v) is 2.61. The summed E-state index contributed by atoms with van der Waals surface area (Å²) >= 11 is 0. The van der Waals surface area contributed by atoms with Crippen LogP contribution in [0.4, 0.5) is 4.79 Å². The molecule has 1 N–H and O–H groups in total. The van der Waals surface area contributed by atoms with Crippen molar-refractivity contribution >= 4 is 6.09 Å². The van der Waals surface area contributed by atoms with E-state index < -0.39 is 5.60 Å². The molecule has 124 valence electrons. The molecule has 0 aliphatic carbocycles. The number of carbonyl (C=O) groups excluding carboxylic acids is 1. The first-order chi connectivity index (χ1) is 10.4. The Morgan fingerprint density at radius 1 is 1.50 bits per heavy atom. The molecular formula is C16H28N4O2. The first-order valence-corrected chi connectivity index (χ1v) is 8.09. The lowest BCUT2D eigenvalue weighted by molar-refractivity contribution is 0.0291. The summed E-state index contributed by atoms with van der Waals surface area (Å²) in [6.07, 6.45) is 5.62. The first-order valence-electron chi connectivity index (χ1n) is 8.09. The van der Waals surface area contributed by atoms with E-state index in [-0.39, 0.29) is 6.09 Å². The van der Waals surface area contributed by atoms with Gasteiger partial charge in [-0.2, -0.15) is 0 Å². The van der Waals surface area contributed by atoms with Crippen molar-refractivity contribution in [1.82, 2.24) is 19.8 Å². The van der Waals surface area contributed by atoms with Crippen LogP contribution >= 0.6 is 0 Å². The quantitative estimate of drug-likeness (QED) is 0.907. The van der Waals surface area contributed by atoms with Gasteiger partial charge in [0, 0.05) is 38.4 Å². The number of aryl methyl sites for hydroxylation is 1. The average Bonchev–Trinajstić information content (AvgIpc) is 3.03. The fourth-order valence-electron chi connectivity index (χ4n) is 2.61. The second-order valence-corrected chi connectivity index (χ2v) is 6.87. The van der Waals surface area contributed by atoms with E-state index in [4.69, 9.17) is 4.74 Å². The highest BCUT2D eigenvalue weighted by molar-refractivity contribution is 5.68. The van der Waals surface area contributed by atoms with Crippen molar-refractivity contribution in [2.24, 2.45) is 0 Å². The summed E-state index contributed by atoms with van der Waals surface area (Å²) in [5.41, 5.74) is 0.757. The number of hydrogen-bond donors (Lipinski definition) is 1. The maximum atomic E-state index is 12.0. The summed E-state index contributed by atoms with van der Waals surface area (Å²) in [4.78, 5) is 18.0. The summed E-state index contributed by atoms with van der Waals surface area (Å²) < 4.78 is 7.59. The van der Waals surface area contributed by atoms with E-state index in [1.54, 1.807) is 4.90 Å². The van der Waals surface area contributed by atoms with Crippen LogP contribution in [-0.4, -0.2) is 45.3 Å². The molecule has 1 atom stereocenters. The molecule has 1 aromatic heterocycles. The number of nitrogens with zero attached hydrogens (tertiary/aromatic N) is 3. The number of nitrogens with one attached hydrogen (secondary N) is 1. The minimum atomic E-state index is -0.435. The van der Waals surface area contributed by atoms with Crippen LogP contribution in [0.2, 0.25) is 0 Å². The van der Waals surface area contributed by atoms with Crippen LogP contribution < -0.4 is 5.32 Å². The number of likely N-dealkylation sites (tertiary alicyclic amines) is 1. The van der Waals surface area contributed by atoms with E-state index in [1.165, 1.54) is 5.69 Å². The van der Waals surface area contributed by atoms with Gasteiger partial charge in [0.05, 0.1) is 12.0 Å². The molecule has 0 aromatic carbocycles. The normalized spacial score (nSPS) is 18.7. The van der Waals surface area contributed by atoms with E-state index in [2.05, 4.69) is 21.8 Å². The van der Waals surface area contributed by atoms with Gasteiger partial charge in [-0.15, -0.1) is 0 Å². The number of carbonyl (C=O) groups is 1. The Kier molecular flexibility index (Phi) is 5.45. The van der Waals surface area contributed by atoms with Gasteiger partial charge in [-0.1, -0.05) is 6.92 Å².